The van der Waals surface area contributed by atoms with Gasteiger partial charge in [-0.05, 0) is 29.8 Å². The minimum absolute atomic E-state index is 0.422. The third kappa shape index (κ3) is 3.30. The van der Waals surface area contributed by atoms with Crippen molar-refractivity contribution < 1.29 is 4.52 Å². The number of hydrogen-bond donors (Lipinski definition) is 0. The third-order valence-corrected chi connectivity index (χ3v) is 4.33. The van der Waals surface area contributed by atoms with E-state index >= 15 is 0 Å². The Hall–Kier alpha value is -3.18. The van der Waals surface area contributed by atoms with Crippen molar-refractivity contribution >= 4 is 23.8 Å². The minimum atomic E-state index is 0.422. The lowest BCUT2D eigenvalue weighted by molar-refractivity contribution is 0.411. The zero-order valence-corrected chi connectivity index (χ0v) is 14.8. The molecule has 0 aliphatic carbocycles. The summed E-state index contributed by atoms with van der Waals surface area (Å²) in [6, 6.07) is 17.5. The largest absolute Gasteiger partial charge is 0.334 e. The highest BCUT2D eigenvalue weighted by atomic mass is 35.5. The highest BCUT2D eigenvalue weighted by Gasteiger charge is 2.09. The average Bonchev–Trinajstić information content (AvgIpc) is 3.30. The molecule has 0 spiro atoms. The summed E-state index contributed by atoms with van der Waals surface area (Å²) in [5.41, 5.74) is 3.84. The van der Waals surface area contributed by atoms with Crippen molar-refractivity contribution in [3.8, 4) is 22.6 Å². The fourth-order valence-electron chi connectivity index (χ4n) is 2.67. The van der Waals surface area contributed by atoms with Gasteiger partial charge in [0.15, 0.2) is 0 Å². The van der Waals surface area contributed by atoms with Gasteiger partial charge < -0.3 is 4.52 Å². The van der Waals surface area contributed by atoms with E-state index in [4.69, 9.17) is 16.1 Å². The quantitative estimate of drug-likeness (QED) is 0.514. The lowest BCUT2D eigenvalue weighted by atomic mass is 10.1. The Balaban J connectivity index is 1.61. The molecule has 0 unspecified atom stereocenters. The highest BCUT2D eigenvalue weighted by Crippen LogP contribution is 2.25. The Morgan fingerprint density at radius 3 is 2.65 bits per heavy atom. The zero-order valence-electron chi connectivity index (χ0n) is 14.0. The van der Waals surface area contributed by atoms with E-state index in [0.29, 0.717) is 16.7 Å². The molecule has 0 fully saturated rings. The number of rotatable bonds is 4. The van der Waals surface area contributed by atoms with E-state index in [1.807, 2.05) is 72.4 Å². The number of aryl methyl sites for hydroxylation is 1. The molecule has 0 radical (unpaired) electrons. The van der Waals surface area contributed by atoms with Gasteiger partial charge in [0.25, 0.3) is 5.89 Å². The fourth-order valence-corrected chi connectivity index (χ4v) is 2.86. The van der Waals surface area contributed by atoms with Gasteiger partial charge in [0.05, 0.1) is 5.69 Å². The molecule has 0 atom stereocenters. The average molecular weight is 363 g/mol. The summed E-state index contributed by atoms with van der Waals surface area (Å²) in [6.07, 6.45) is 5.38. The van der Waals surface area contributed by atoms with Crippen LogP contribution in [0.15, 0.2) is 65.3 Å². The first kappa shape index (κ1) is 16.3. The van der Waals surface area contributed by atoms with E-state index in [-0.39, 0.29) is 0 Å². The minimum Gasteiger partial charge on any atom is -0.334 e. The Morgan fingerprint density at radius 1 is 1.00 bits per heavy atom. The van der Waals surface area contributed by atoms with Crippen molar-refractivity contribution in [3.05, 3.63) is 77.3 Å². The number of halogens is 1. The van der Waals surface area contributed by atoms with Gasteiger partial charge >= 0.3 is 0 Å². The predicted molar refractivity (Wildman–Crippen MR) is 102 cm³/mol. The third-order valence-electron chi connectivity index (χ3n) is 3.99. The molecule has 2 heterocycles. The highest BCUT2D eigenvalue weighted by molar-refractivity contribution is 6.32. The van der Waals surface area contributed by atoms with Crippen molar-refractivity contribution in [2.45, 2.75) is 0 Å². The van der Waals surface area contributed by atoms with Crippen LogP contribution in [0.25, 0.3) is 34.8 Å². The fraction of sp³-hybridized carbons (Fsp3) is 0.0500. The summed E-state index contributed by atoms with van der Waals surface area (Å²) in [4.78, 5) is 4.44. The molecule has 0 saturated carbocycles. The van der Waals surface area contributed by atoms with Crippen molar-refractivity contribution in [3.63, 3.8) is 0 Å². The number of nitrogens with zero attached hydrogens (tertiary/aromatic N) is 4. The zero-order chi connectivity index (χ0) is 17.9. The summed E-state index contributed by atoms with van der Waals surface area (Å²) in [5.74, 6) is 0.957. The maximum atomic E-state index is 6.15. The van der Waals surface area contributed by atoms with E-state index in [1.165, 1.54) is 0 Å². The number of aromatic nitrogens is 4. The van der Waals surface area contributed by atoms with Crippen molar-refractivity contribution in [2.75, 3.05) is 0 Å². The monoisotopic (exact) mass is 362 g/mol. The molecule has 0 N–H and O–H groups in total. The molecule has 128 valence electrons. The van der Waals surface area contributed by atoms with Gasteiger partial charge in [-0.1, -0.05) is 53.2 Å². The molecule has 0 aliphatic heterocycles. The predicted octanol–water partition coefficient (Wildman–Crippen LogP) is 4.96. The SMILES string of the molecule is Cn1nccc1-c1cccc(-c2noc(/C=C/c3ccccc3Cl)n2)c1. The molecule has 0 bridgehead atoms. The second-order valence-electron chi connectivity index (χ2n) is 5.73. The van der Waals surface area contributed by atoms with Gasteiger partial charge in [-0.25, -0.2) is 0 Å². The second-order valence-corrected chi connectivity index (χ2v) is 6.14. The first-order valence-electron chi connectivity index (χ1n) is 8.06. The number of hydrogen-bond acceptors (Lipinski definition) is 4. The molecule has 2 aromatic carbocycles. The summed E-state index contributed by atoms with van der Waals surface area (Å²) >= 11 is 6.15. The first-order chi connectivity index (χ1) is 12.7. The molecule has 2 aromatic heterocycles. The second kappa shape index (κ2) is 6.98. The standard InChI is InChI=1S/C20H15ClN4O/c1-25-18(11-12-22-25)15-6-4-7-16(13-15)20-23-19(26-24-20)10-9-14-5-2-3-8-17(14)21/h2-13H,1H3/b10-9+. The van der Waals surface area contributed by atoms with Crippen LogP contribution < -0.4 is 0 Å². The van der Waals surface area contributed by atoms with Crippen LogP contribution in [0.3, 0.4) is 0 Å². The Bertz CT molecular complexity index is 1080. The molecule has 5 nitrogen and oxygen atoms in total. The molecule has 26 heavy (non-hydrogen) atoms. The maximum absolute atomic E-state index is 6.15. The van der Waals surface area contributed by atoms with Crippen molar-refractivity contribution in [2.24, 2.45) is 7.05 Å². The van der Waals surface area contributed by atoms with Crippen molar-refractivity contribution in [1.82, 2.24) is 19.9 Å². The van der Waals surface area contributed by atoms with Crippen LogP contribution in [0.1, 0.15) is 11.5 Å². The molecule has 0 saturated heterocycles. The lowest BCUT2D eigenvalue weighted by Gasteiger charge is -2.03. The lowest BCUT2D eigenvalue weighted by Crippen LogP contribution is -1.93. The Morgan fingerprint density at radius 2 is 1.85 bits per heavy atom. The van der Waals surface area contributed by atoms with Crippen LogP contribution in [-0.2, 0) is 7.05 Å². The molecular weight excluding hydrogens is 348 g/mol. The Kier molecular flexibility index (Phi) is 4.37. The van der Waals surface area contributed by atoms with E-state index in [1.54, 1.807) is 12.3 Å². The van der Waals surface area contributed by atoms with Crippen LogP contribution in [0.2, 0.25) is 5.02 Å². The van der Waals surface area contributed by atoms with Gasteiger partial charge in [0.1, 0.15) is 0 Å². The molecule has 6 heteroatoms. The van der Waals surface area contributed by atoms with E-state index < -0.39 is 0 Å². The van der Waals surface area contributed by atoms with Crippen LogP contribution in [0.4, 0.5) is 0 Å². The van der Waals surface area contributed by atoms with E-state index in [9.17, 15) is 0 Å². The van der Waals surface area contributed by atoms with E-state index in [0.717, 1.165) is 22.4 Å². The molecule has 0 amide bonds. The van der Waals surface area contributed by atoms with Gasteiger partial charge in [0, 0.05) is 35.5 Å². The molecule has 4 aromatic rings. The molecule has 0 aliphatic rings. The van der Waals surface area contributed by atoms with Crippen LogP contribution in [0, 0.1) is 0 Å². The van der Waals surface area contributed by atoms with E-state index in [2.05, 4.69) is 15.2 Å². The van der Waals surface area contributed by atoms with Crippen LogP contribution in [0.5, 0.6) is 0 Å². The summed E-state index contributed by atoms with van der Waals surface area (Å²) < 4.78 is 7.15. The normalized spacial score (nSPS) is 11.3. The molecule has 4 rings (SSSR count). The smallest absolute Gasteiger partial charge is 0.250 e. The van der Waals surface area contributed by atoms with Gasteiger partial charge in [0.2, 0.25) is 5.82 Å². The van der Waals surface area contributed by atoms with Crippen LogP contribution in [-0.4, -0.2) is 19.9 Å². The molecular formula is C20H15ClN4O. The Labute approximate surface area is 155 Å². The summed E-state index contributed by atoms with van der Waals surface area (Å²) in [6.45, 7) is 0. The first-order valence-corrected chi connectivity index (χ1v) is 8.43. The number of benzene rings is 2. The van der Waals surface area contributed by atoms with Gasteiger partial charge in [-0.2, -0.15) is 10.1 Å². The van der Waals surface area contributed by atoms with Crippen molar-refractivity contribution in [1.29, 1.82) is 0 Å². The summed E-state index contributed by atoms with van der Waals surface area (Å²) in [5, 5.41) is 8.95. The maximum Gasteiger partial charge on any atom is 0.250 e. The van der Waals surface area contributed by atoms with Gasteiger partial charge in [-0.3, -0.25) is 4.68 Å². The van der Waals surface area contributed by atoms with Crippen LogP contribution >= 0.6 is 11.6 Å². The summed E-state index contributed by atoms with van der Waals surface area (Å²) in [7, 11) is 1.91. The van der Waals surface area contributed by atoms with Gasteiger partial charge in [-0.15, -0.1) is 0 Å². The topological polar surface area (TPSA) is 56.7 Å².